The van der Waals surface area contributed by atoms with Crippen molar-refractivity contribution in [2.45, 2.75) is 58.4 Å². The average Bonchev–Trinajstić information content (AvgIpc) is 3.39. The number of carbonyl (C=O) groups excluding carboxylic acids is 1. The highest BCUT2D eigenvalue weighted by Crippen LogP contribution is 2.32. The highest BCUT2D eigenvalue weighted by atomic mass is 16.3. The summed E-state index contributed by atoms with van der Waals surface area (Å²) in [4.78, 5) is 24.9. The third-order valence-electron chi connectivity index (χ3n) is 6.28. The smallest absolute Gasteiger partial charge is 0.227 e. The third kappa shape index (κ3) is 7.81. The fourth-order valence-corrected chi connectivity index (χ4v) is 4.24. The molecule has 0 radical (unpaired) electrons. The first-order chi connectivity index (χ1) is 17.5. The number of rotatable bonds is 6. The van der Waals surface area contributed by atoms with Crippen LogP contribution in [0.15, 0.2) is 78.0 Å². The molecule has 36 heavy (non-hydrogen) atoms. The summed E-state index contributed by atoms with van der Waals surface area (Å²) < 4.78 is 0. The van der Waals surface area contributed by atoms with Crippen LogP contribution >= 0.6 is 0 Å². The normalized spacial score (nSPS) is 14.3. The van der Waals surface area contributed by atoms with E-state index in [-0.39, 0.29) is 11.9 Å². The van der Waals surface area contributed by atoms with E-state index < -0.39 is 0 Å². The molecular formula is C31H35N3O2. The van der Waals surface area contributed by atoms with Gasteiger partial charge < -0.3 is 10.6 Å². The van der Waals surface area contributed by atoms with E-state index in [0.717, 1.165) is 54.6 Å². The number of nitrogen functional groups attached to an aromatic ring is 1. The molecule has 1 aliphatic heterocycles. The highest BCUT2D eigenvalue weighted by Gasteiger charge is 2.29. The molecule has 1 unspecified atom stereocenters. The minimum absolute atomic E-state index is 0.156. The number of nitrogens with zero attached hydrogens (tertiary/aromatic N) is 2. The number of amides is 1. The number of carbonyl (C=O) groups is 1. The molecule has 1 saturated heterocycles. The number of unbranched alkanes of at least 4 members (excludes halogenated alkanes) is 2. The minimum Gasteiger partial charge on any atom is -0.399 e. The van der Waals surface area contributed by atoms with Crippen LogP contribution in [0.5, 0.6) is 0 Å². The van der Waals surface area contributed by atoms with Crippen molar-refractivity contribution in [1.82, 2.24) is 4.90 Å². The predicted molar refractivity (Wildman–Crippen MR) is 148 cm³/mol. The van der Waals surface area contributed by atoms with E-state index >= 15 is 0 Å². The molecule has 1 aliphatic rings. The Kier molecular flexibility index (Phi) is 10.3. The van der Waals surface area contributed by atoms with E-state index in [0.29, 0.717) is 12.1 Å². The summed E-state index contributed by atoms with van der Waals surface area (Å²) in [7, 11) is 0. The van der Waals surface area contributed by atoms with Gasteiger partial charge in [0, 0.05) is 24.2 Å². The lowest BCUT2D eigenvalue weighted by Gasteiger charge is -2.25. The van der Waals surface area contributed by atoms with Crippen LogP contribution in [0.25, 0.3) is 0 Å². The van der Waals surface area contributed by atoms with E-state index in [4.69, 9.17) is 5.73 Å². The maximum atomic E-state index is 12.9. The number of likely N-dealkylation sites (tertiary alicyclic amines) is 1. The molecule has 1 amide bonds. The number of aryl methyl sites for hydroxylation is 1. The number of hydrogen-bond acceptors (Lipinski definition) is 4. The summed E-state index contributed by atoms with van der Waals surface area (Å²) in [6, 6.07) is 23.3. The van der Waals surface area contributed by atoms with Gasteiger partial charge >= 0.3 is 0 Å². The molecule has 3 aromatic carbocycles. The lowest BCUT2D eigenvalue weighted by Crippen LogP contribution is -2.31. The molecule has 0 spiro atoms. The molecule has 2 N–H and O–H groups in total. The van der Waals surface area contributed by atoms with Crippen LogP contribution < -0.4 is 5.73 Å². The molecule has 1 heterocycles. The molecule has 1 atom stereocenters. The van der Waals surface area contributed by atoms with E-state index in [1.54, 1.807) is 12.1 Å². The van der Waals surface area contributed by atoms with E-state index in [9.17, 15) is 9.70 Å². The van der Waals surface area contributed by atoms with Gasteiger partial charge in [-0.3, -0.25) is 4.79 Å². The number of anilines is 1. The van der Waals surface area contributed by atoms with Crippen molar-refractivity contribution < 1.29 is 4.79 Å². The summed E-state index contributed by atoms with van der Waals surface area (Å²) in [6.07, 6.45) is 5.74. The van der Waals surface area contributed by atoms with Crippen molar-refractivity contribution in [3.05, 3.63) is 100.0 Å². The molecule has 5 nitrogen and oxygen atoms in total. The second kappa shape index (κ2) is 13.8. The Bertz CT molecular complexity index is 1210. The van der Waals surface area contributed by atoms with Crippen LogP contribution in [-0.2, 0) is 11.2 Å². The molecule has 0 aliphatic carbocycles. The van der Waals surface area contributed by atoms with Gasteiger partial charge in [0.1, 0.15) is 5.69 Å². The maximum absolute atomic E-state index is 12.9. The fourth-order valence-electron chi connectivity index (χ4n) is 4.24. The summed E-state index contributed by atoms with van der Waals surface area (Å²) in [5.74, 6) is 6.70. The highest BCUT2D eigenvalue weighted by molar-refractivity contribution is 5.79. The summed E-state index contributed by atoms with van der Waals surface area (Å²) in [5, 5.41) is 2.82. The summed E-state index contributed by atoms with van der Waals surface area (Å²) >= 11 is 0. The van der Waals surface area contributed by atoms with Gasteiger partial charge in [0.05, 0.1) is 12.5 Å². The molecule has 186 valence electrons. The van der Waals surface area contributed by atoms with Crippen LogP contribution in [0.4, 0.5) is 11.4 Å². The third-order valence-corrected chi connectivity index (χ3v) is 6.28. The van der Waals surface area contributed by atoms with E-state index in [2.05, 4.69) is 48.2 Å². The predicted octanol–water partition coefficient (Wildman–Crippen LogP) is 7.11. The van der Waals surface area contributed by atoms with Gasteiger partial charge in [-0.05, 0) is 78.4 Å². The molecule has 5 heteroatoms. The summed E-state index contributed by atoms with van der Waals surface area (Å²) in [5.41, 5.74) is 11.2. The fraction of sp³-hybridized carbons (Fsp3) is 0.323. The Balaban J connectivity index is 0.000000338. The molecule has 1 fully saturated rings. The van der Waals surface area contributed by atoms with Gasteiger partial charge in [-0.15, -0.1) is 4.91 Å². The van der Waals surface area contributed by atoms with Gasteiger partial charge in [0.25, 0.3) is 0 Å². The van der Waals surface area contributed by atoms with Gasteiger partial charge in [-0.2, -0.15) is 0 Å². The van der Waals surface area contributed by atoms with Crippen LogP contribution in [0.1, 0.15) is 67.3 Å². The first-order valence-electron chi connectivity index (χ1n) is 12.6. The first kappa shape index (κ1) is 26.7. The number of nitrogens with two attached hydrogens (primary N) is 1. The zero-order valence-electron chi connectivity index (χ0n) is 21.2. The van der Waals surface area contributed by atoms with Crippen LogP contribution in [0.3, 0.4) is 0 Å². The van der Waals surface area contributed by atoms with E-state index in [1.165, 1.54) is 12.0 Å². The SMILES string of the molecule is CCCCC#Cc1cccc(C2CCCN2C(=O)Cc2ccc(N)cc2)c1.Cc1ccccc1N=O. The number of hydrogen-bond donors (Lipinski definition) is 1. The second-order valence-corrected chi connectivity index (χ2v) is 9.07. The Morgan fingerprint density at radius 3 is 2.56 bits per heavy atom. The first-order valence-corrected chi connectivity index (χ1v) is 12.6. The van der Waals surface area contributed by atoms with Crippen molar-refractivity contribution in [3.8, 4) is 11.8 Å². The van der Waals surface area contributed by atoms with Crippen molar-refractivity contribution in [2.24, 2.45) is 5.18 Å². The molecule has 3 aromatic rings. The second-order valence-electron chi connectivity index (χ2n) is 9.07. The van der Waals surface area contributed by atoms with Crippen molar-refractivity contribution in [3.63, 3.8) is 0 Å². The van der Waals surface area contributed by atoms with Crippen LogP contribution in [0.2, 0.25) is 0 Å². The number of nitroso groups, excluding NO2 is 1. The summed E-state index contributed by atoms with van der Waals surface area (Å²) in [6.45, 7) is 4.86. The van der Waals surface area contributed by atoms with Gasteiger partial charge in [-0.1, -0.05) is 67.6 Å². The Morgan fingerprint density at radius 1 is 1.08 bits per heavy atom. The van der Waals surface area contributed by atoms with E-state index in [1.807, 2.05) is 48.2 Å². The zero-order valence-corrected chi connectivity index (χ0v) is 21.2. The molecular weight excluding hydrogens is 446 g/mol. The topological polar surface area (TPSA) is 75.8 Å². The van der Waals surface area contributed by atoms with Crippen LogP contribution in [-0.4, -0.2) is 17.4 Å². The zero-order chi connectivity index (χ0) is 25.8. The standard InChI is InChI=1S/C24H28N2O.C7H7NO/c1-2-3-4-5-8-19-9-6-10-21(17-19)23-11-7-16-26(23)24(27)18-20-12-14-22(25)15-13-20;1-6-4-2-3-5-7(6)8-9/h6,9-10,12-15,17,23H,2-4,7,11,16,18,25H2,1H3;2-5H,1H3. The Morgan fingerprint density at radius 2 is 1.86 bits per heavy atom. The van der Waals surface area contributed by atoms with Gasteiger partial charge in [0.15, 0.2) is 0 Å². The van der Waals surface area contributed by atoms with Crippen molar-refractivity contribution >= 4 is 17.3 Å². The maximum Gasteiger partial charge on any atom is 0.227 e. The number of benzene rings is 3. The Labute approximate surface area is 214 Å². The molecule has 0 bridgehead atoms. The quantitative estimate of drug-likeness (QED) is 0.176. The van der Waals surface area contributed by atoms with Gasteiger partial charge in [0.2, 0.25) is 5.91 Å². The minimum atomic E-state index is 0.156. The lowest BCUT2D eigenvalue weighted by molar-refractivity contribution is -0.131. The molecule has 0 aromatic heterocycles. The average molecular weight is 482 g/mol. The Hall–Kier alpha value is -3.91. The molecule has 4 rings (SSSR count). The monoisotopic (exact) mass is 481 g/mol. The lowest BCUT2D eigenvalue weighted by atomic mass is 10.0. The largest absolute Gasteiger partial charge is 0.399 e. The van der Waals surface area contributed by atoms with Crippen LogP contribution in [0, 0.1) is 23.7 Å². The van der Waals surface area contributed by atoms with Gasteiger partial charge in [-0.25, -0.2) is 0 Å². The van der Waals surface area contributed by atoms with Crippen molar-refractivity contribution in [2.75, 3.05) is 12.3 Å². The van der Waals surface area contributed by atoms with Crippen molar-refractivity contribution in [1.29, 1.82) is 0 Å². The molecule has 0 saturated carbocycles.